The van der Waals surface area contributed by atoms with Gasteiger partial charge in [0.05, 0.1) is 11.1 Å². The molecule has 0 bridgehead atoms. The van der Waals surface area contributed by atoms with Crippen molar-refractivity contribution in [3.63, 3.8) is 0 Å². The highest BCUT2D eigenvalue weighted by molar-refractivity contribution is 6.36. The lowest BCUT2D eigenvalue weighted by Crippen LogP contribution is -2.00. The van der Waals surface area contributed by atoms with Crippen LogP contribution in [0.4, 0.5) is 4.39 Å². The monoisotopic (exact) mass is 236 g/mol. The fourth-order valence-electron chi connectivity index (χ4n) is 1.27. The van der Waals surface area contributed by atoms with E-state index in [-0.39, 0.29) is 10.6 Å². The Morgan fingerprint density at radius 1 is 1.43 bits per heavy atom. The second-order valence-electron chi connectivity index (χ2n) is 3.06. The second kappa shape index (κ2) is 4.96. The van der Waals surface area contributed by atoms with Gasteiger partial charge >= 0.3 is 0 Å². The van der Waals surface area contributed by atoms with Gasteiger partial charge < -0.3 is 5.11 Å². The van der Waals surface area contributed by atoms with Gasteiger partial charge in [-0.2, -0.15) is 0 Å². The van der Waals surface area contributed by atoms with Crippen LogP contribution in [-0.4, -0.2) is 5.11 Å². The number of halogens is 3. The number of aliphatic hydroxyl groups excluding tert-OH is 1. The summed E-state index contributed by atoms with van der Waals surface area (Å²) < 4.78 is 13.1. The van der Waals surface area contributed by atoms with E-state index in [1.807, 2.05) is 6.92 Å². The molecule has 1 aromatic rings. The molecule has 0 amide bonds. The zero-order chi connectivity index (χ0) is 10.7. The fraction of sp³-hybridized carbons (Fsp3) is 0.400. The largest absolute Gasteiger partial charge is 0.388 e. The average molecular weight is 237 g/mol. The van der Waals surface area contributed by atoms with E-state index in [0.717, 1.165) is 6.42 Å². The van der Waals surface area contributed by atoms with Crippen molar-refractivity contribution in [2.45, 2.75) is 25.9 Å². The van der Waals surface area contributed by atoms with E-state index < -0.39 is 11.9 Å². The Morgan fingerprint density at radius 3 is 2.64 bits per heavy atom. The quantitative estimate of drug-likeness (QED) is 0.788. The van der Waals surface area contributed by atoms with E-state index in [1.54, 1.807) is 0 Å². The van der Waals surface area contributed by atoms with Crippen LogP contribution in [-0.2, 0) is 0 Å². The molecule has 1 atom stereocenters. The van der Waals surface area contributed by atoms with Crippen LogP contribution in [0, 0.1) is 5.82 Å². The molecule has 0 fully saturated rings. The van der Waals surface area contributed by atoms with Crippen LogP contribution in [0.3, 0.4) is 0 Å². The molecule has 0 saturated heterocycles. The molecular formula is C10H11Cl2FO. The minimum Gasteiger partial charge on any atom is -0.388 e. The van der Waals surface area contributed by atoms with E-state index >= 15 is 0 Å². The predicted molar refractivity (Wildman–Crippen MR) is 56.3 cm³/mol. The Labute approximate surface area is 92.5 Å². The molecule has 0 radical (unpaired) electrons. The maximum atomic E-state index is 13.1. The molecule has 1 nitrogen and oxygen atoms in total. The third kappa shape index (κ3) is 2.38. The highest BCUT2D eigenvalue weighted by Gasteiger charge is 2.17. The molecule has 0 saturated carbocycles. The second-order valence-corrected chi connectivity index (χ2v) is 3.85. The molecule has 1 unspecified atom stereocenters. The highest BCUT2D eigenvalue weighted by atomic mass is 35.5. The third-order valence-electron chi connectivity index (χ3n) is 1.97. The van der Waals surface area contributed by atoms with E-state index in [1.165, 1.54) is 12.1 Å². The lowest BCUT2D eigenvalue weighted by molar-refractivity contribution is 0.166. The minimum absolute atomic E-state index is 0.0848. The Balaban J connectivity index is 3.11. The van der Waals surface area contributed by atoms with Crippen LogP contribution in [0.1, 0.15) is 31.4 Å². The van der Waals surface area contributed by atoms with Gasteiger partial charge in [0.2, 0.25) is 0 Å². The van der Waals surface area contributed by atoms with Gasteiger partial charge in [0, 0.05) is 10.6 Å². The Hall–Kier alpha value is -0.310. The van der Waals surface area contributed by atoms with E-state index in [4.69, 9.17) is 23.2 Å². The summed E-state index contributed by atoms with van der Waals surface area (Å²) in [5.41, 5.74) is 0.287. The number of hydrogen-bond acceptors (Lipinski definition) is 1. The van der Waals surface area contributed by atoms with Crippen molar-refractivity contribution in [2.24, 2.45) is 0 Å². The zero-order valence-electron chi connectivity index (χ0n) is 7.73. The summed E-state index contributed by atoms with van der Waals surface area (Å²) in [6.07, 6.45) is 0.503. The van der Waals surface area contributed by atoms with Crippen LogP contribution in [0.2, 0.25) is 10.0 Å². The molecule has 0 aliphatic rings. The molecular weight excluding hydrogens is 226 g/mol. The van der Waals surface area contributed by atoms with Crippen molar-refractivity contribution in [1.29, 1.82) is 0 Å². The molecule has 0 aromatic heterocycles. The van der Waals surface area contributed by atoms with E-state index in [2.05, 4.69) is 0 Å². The van der Waals surface area contributed by atoms with Gasteiger partial charge in [0.25, 0.3) is 0 Å². The summed E-state index contributed by atoms with van der Waals surface area (Å²) in [4.78, 5) is 0. The summed E-state index contributed by atoms with van der Waals surface area (Å²) in [6, 6.07) is 2.59. The van der Waals surface area contributed by atoms with Crippen molar-refractivity contribution in [3.8, 4) is 0 Å². The van der Waals surface area contributed by atoms with Crippen LogP contribution < -0.4 is 0 Å². The van der Waals surface area contributed by atoms with Gasteiger partial charge in [-0.05, 0) is 18.6 Å². The summed E-state index contributed by atoms with van der Waals surface area (Å²) in [6.45, 7) is 1.92. The average Bonchev–Trinajstić information content (AvgIpc) is 2.13. The van der Waals surface area contributed by atoms with Crippen molar-refractivity contribution >= 4 is 23.2 Å². The summed E-state index contributed by atoms with van der Waals surface area (Å²) in [5, 5.41) is 9.89. The lowest BCUT2D eigenvalue weighted by Gasteiger charge is -2.13. The van der Waals surface area contributed by atoms with Gasteiger partial charge in [-0.3, -0.25) is 0 Å². The maximum absolute atomic E-state index is 13.1. The molecule has 0 heterocycles. The highest BCUT2D eigenvalue weighted by Crippen LogP contribution is 2.34. The summed E-state index contributed by atoms with van der Waals surface area (Å²) in [5.74, 6) is -0.554. The van der Waals surface area contributed by atoms with Crippen molar-refractivity contribution in [3.05, 3.63) is 33.6 Å². The predicted octanol–water partition coefficient (Wildman–Crippen LogP) is 3.97. The molecule has 0 spiro atoms. The van der Waals surface area contributed by atoms with Gasteiger partial charge in [-0.1, -0.05) is 36.5 Å². The first-order valence-electron chi connectivity index (χ1n) is 4.39. The molecule has 14 heavy (non-hydrogen) atoms. The van der Waals surface area contributed by atoms with Gasteiger partial charge in [0.1, 0.15) is 5.82 Å². The molecule has 1 N–H and O–H groups in total. The van der Waals surface area contributed by atoms with Gasteiger partial charge in [-0.25, -0.2) is 4.39 Å². The molecule has 1 rings (SSSR count). The van der Waals surface area contributed by atoms with Crippen molar-refractivity contribution < 1.29 is 9.50 Å². The van der Waals surface area contributed by atoms with Crippen molar-refractivity contribution in [1.82, 2.24) is 0 Å². The topological polar surface area (TPSA) is 20.2 Å². The lowest BCUT2D eigenvalue weighted by atomic mass is 10.1. The Kier molecular flexibility index (Phi) is 4.17. The van der Waals surface area contributed by atoms with Crippen LogP contribution in [0.15, 0.2) is 12.1 Å². The molecule has 0 aliphatic carbocycles. The Bertz CT molecular complexity index is 328. The fourth-order valence-corrected chi connectivity index (χ4v) is 1.89. The summed E-state index contributed by atoms with van der Waals surface area (Å²) >= 11 is 11.5. The first-order valence-corrected chi connectivity index (χ1v) is 5.15. The third-order valence-corrected chi connectivity index (χ3v) is 2.69. The minimum atomic E-state index is -0.796. The van der Waals surface area contributed by atoms with Crippen molar-refractivity contribution in [2.75, 3.05) is 0 Å². The maximum Gasteiger partial charge on any atom is 0.142 e. The number of aliphatic hydroxyl groups is 1. The summed E-state index contributed by atoms with van der Waals surface area (Å²) in [7, 11) is 0. The first-order chi connectivity index (χ1) is 6.57. The Morgan fingerprint density at radius 2 is 2.07 bits per heavy atom. The standard InChI is InChI=1S/C10H11Cl2FO/c1-2-3-8(14)9-6(11)4-5-7(13)10(9)12/h4-5,8,14H,2-3H2,1H3. The van der Waals surface area contributed by atoms with E-state index in [9.17, 15) is 9.50 Å². The van der Waals surface area contributed by atoms with Gasteiger partial charge in [0.15, 0.2) is 0 Å². The normalized spacial score (nSPS) is 12.9. The van der Waals surface area contributed by atoms with Crippen LogP contribution in [0.5, 0.6) is 0 Å². The molecule has 0 aliphatic heterocycles. The first kappa shape index (κ1) is 11.8. The van der Waals surface area contributed by atoms with Crippen LogP contribution in [0.25, 0.3) is 0 Å². The number of rotatable bonds is 3. The zero-order valence-corrected chi connectivity index (χ0v) is 9.24. The SMILES string of the molecule is CCCC(O)c1c(Cl)ccc(F)c1Cl. The number of hydrogen-bond donors (Lipinski definition) is 1. The molecule has 1 aromatic carbocycles. The smallest absolute Gasteiger partial charge is 0.142 e. The van der Waals surface area contributed by atoms with Crippen LogP contribution >= 0.6 is 23.2 Å². The van der Waals surface area contributed by atoms with Gasteiger partial charge in [-0.15, -0.1) is 0 Å². The molecule has 78 valence electrons. The number of benzene rings is 1. The molecule has 4 heteroatoms. The van der Waals surface area contributed by atoms with E-state index in [0.29, 0.717) is 11.4 Å².